The van der Waals surface area contributed by atoms with Crippen LogP contribution in [0.4, 0.5) is 21.0 Å². The number of amides is 5. The number of alkyl carbamates (subject to hydrolysis) is 2. The number of nitrogens with zero attached hydrogens (tertiary/aromatic N) is 2. The number of carbonyl (C=O) groups is 6. The lowest BCUT2D eigenvalue weighted by Gasteiger charge is -2.23. The van der Waals surface area contributed by atoms with Gasteiger partial charge in [0.1, 0.15) is 17.2 Å². The van der Waals surface area contributed by atoms with Crippen molar-refractivity contribution in [1.82, 2.24) is 20.3 Å². The van der Waals surface area contributed by atoms with E-state index in [0.717, 1.165) is 33.1 Å². The topological polar surface area (TPSA) is 229 Å². The zero-order valence-electron chi connectivity index (χ0n) is 48.6. The standard InChI is InChI=1S/C22H25ClN2O4.C17H15ClN2O.C14H12ClNO.C10H20N2O4/c1-14(24-21(28)29-22(2,3)4)18(26)13-15-9-8-12-17(23)19(15)20(27)25-16-10-6-5-7-11-16;1-11(19)15-10-12-6-5-9-14(18)16(12)17(21)20(15)13-7-3-2-4-8-13;1-10-6-5-9-12(15)13(10)14(17)16-11-7-3-2-4-8-11;1-7(8(13)12(5)15-6)11-9(14)16-10(2,3)4/h5-12,14H,13H2,1-4H3,(H,24,28)(H,25,27);2-11H,19H2,1H3;2-9H,1H3,(H,16,17);7H,1-6H3,(H,11,14)/t14-;11-;;7-/m00.0/s1. The summed E-state index contributed by atoms with van der Waals surface area (Å²) in [5, 5.41) is 14.1. The van der Waals surface area contributed by atoms with Crippen LogP contribution >= 0.6 is 34.8 Å². The first kappa shape index (κ1) is 67.4. The van der Waals surface area contributed by atoms with Crippen LogP contribution in [0.15, 0.2) is 156 Å². The molecule has 0 spiro atoms. The molecule has 0 radical (unpaired) electrons. The molecule has 440 valence electrons. The molecule has 0 aliphatic rings. The lowest BCUT2D eigenvalue weighted by atomic mass is 9.99. The van der Waals surface area contributed by atoms with Gasteiger partial charge in [0.05, 0.1) is 44.7 Å². The second kappa shape index (κ2) is 31.4. The fourth-order valence-corrected chi connectivity index (χ4v) is 8.50. The molecule has 1 heterocycles. The number of para-hydroxylation sites is 3. The molecule has 0 aliphatic heterocycles. The fourth-order valence-electron chi connectivity index (χ4n) is 7.65. The Morgan fingerprint density at radius 2 is 1.05 bits per heavy atom. The Hall–Kier alpha value is -8.06. The van der Waals surface area contributed by atoms with Crippen molar-refractivity contribution in [2.45, 2.75) is 105 Å². The van der Waals surface area contributed by atoms with Crippen LogP contribution in [-0.4, -0.2) is 82.8 Å². The van der Waals surface area contributed by atoms with Crippen LogP contribution in [-0.2, 0) is 30.3 Å². The predicted octanol–water partition coefficient (Wildman–Crippen LogP) is 13.1. The Morgan fingerprint density at radius 1 is 0.602 bits per heavy atom. The molecule has 0 bridgehead atoms. The number of ketones is 1. The second-order valence-corrected chi connectivity index (χ2v) is 22.0. The summed E-state index contributed by atoms with van der Waals surface area (Å²) in [7, 11) is 2.84. The van der Waals surface area contributed by atoms with Gasteiger partial charge < -0.3 is 36.5 Å². The number of fused-ring (bicyclic) bond motifs is 1. The van der Waals surface area contributed by atoms with Crippen molar-refractivity contribution in [1.29, 1.82) is 0 Å². The minimum Gasteiger partial charge on any atom is -0.444 e. The first-order chi connectivity index (χ1) is 39.0. The third kappa shape index (κ3) is 21.3. The van der Waals surface area contributed by atoms with Crippen LogP contribution in [0.25, 0.3) is 16.5 Å². The number of carbonyl (C=O) groups excluding carboxylic acids is 6. The number of hydroxylamine groups is 2. The van der Waals surface area contributed by atoms with Gasteiger partial charge in [-0.2, -0.15) is 0 Å². The average molecular weight is 1190 g/mol. The van der Waals surface area contributed by atoms with E-state index in [-0.39, 0.29) is 46.2 Å². The van der Waals surface area contributed by atoms with E-state index < -0.39 is 41.4 Å². The van der Waals surface area contributed by atoms with Crippen LogP contribution in [0.2, 0.25) is 15.1 Å². The molecule has 6 aromatic carbocycles. The van der Waals surface area contributed by atoms with Gasteiger partial charge in [0.25, 0.3) is 23.3 Å². The van der Waals surface area contributed by atoms with Gasteiger partial charge in [-0.3, -0.25) is 33.4 Å². The highest BCUT2D eigenvalue weighted by Crippen LogP contribution is 2.26. The van der Waals surface area contributed by atoms with E-state index in [1.54, 1.807) is 115 Å². The van der Waals surface area contributed by atoms with Gasteiger partial charge in [0, 0.05) is 42.3 Å². The van der Waals surface area contributed by atoms with E-state index in [1.165, 1.54) is 14.2 Å². The number of nitrogens with one attached hydrogen (secondary N) is 4. The number of pyridine rings is 1. The number of hydrogen-bond donors (Lipinski definition) is 5. The molecule has 6 N–H and O–H groups in total. The second-order valence-electron chi connectivity index (χ2n) is 20.8. The van der Waals surface area contributed by atoms with E-state index in [0.29, 0.717) is 32.2 Å². The van der Waals surface area contributed by atoms with Crippen molar-refractivity contribution in [2.24, 2.45) is 5.73 Å². The summed E-state index contributed by atoms with van der Waals surface area (Å²) >= 11 is 18.5. The van der Waals surface area contributed by atoms with Gasteiger partial charge in [0.2, 0.25) is 0 Å². The summed E-state index contributed by atoms with van der Waals surface area (Å²) in [5.74, 6) is -1.21. The predicted molar refractivity (Wildman–Crippen MR) is 330 cm³/mol. The number of halogens is 3. The lowest BCUT2D eigenvalue weighted by molar-refractivity contribution is -0.170. The summed E-state index contributed by atoms with van der Waals surface area (Å²) in [5.41, 5.74) is 9.71. The van der Waals surface area contributed by atoms with E-state index in [4.69, 9.17) is 54.8 Å². The third-order valence-corrected chi connectivity index (χ3v) is 12.6. The van der Waals surface area contributed by atoms with Crippen molar-refractivity contribution in [2.75, 3.05) is 24.8 Å². The monoisotopic (exact) mass is 1190 g/mol. The number of aryl methyl sites for hydroxylation is 1. The van der Waals surface area contributed by atoms with Gasteiger partial charge in [-0.1, -0.05) is 126 Å². The molecule has 3 atom stereocenters. The Morgan fingerprint density at radius 3 is 1.53 bits per heavy atom. The summed E-state index contributed by atoms with van der Waals surface area (Å²) in [4.78, 5) is 89.8. The number of likely N-dealkylation sites (N-methyl/N-ethyl adjacent to an activating group) is 1. The highest BCUT2D eigenvalue weighted by atomic mass is 35.5. The molecule has 17 nitrogen and oxygen atoms in total. The van der Waals surface area contributed by atoms with Crippen LogP contribution in [0, 0.1) is 6.92 Å². The summed E-state index contributed by atoms with van der Waals surface area (Å²) in [6.45, 7) is 17.3. The zero-order valence-corrected chi connectivity index (χ0v) is 50.8. The largest absolute Gasteiger partial charge is 0.444 e. The highest BCUT2D eigenvalue weighted by molar-refractivity contribution is 6.36. The molecular weight excluding hydrogens is 1120 g/mol. The van der Waals surface area contributed by atoms with Crippen molar-refractivity contribution in [3.05, 3.63) is 205 Å². The molecule has 7 aromatic rings. The van der Waals surface area contributed by atoms with Gasteiger partial charge in [-0.05, 0) is 146 Å². The molecule has 83 heavy (non-hydrogen) atoms. The van der Waals surface area contributed by atoms with Gasteiger partial charge in [-0.25, -0.2) is 14.7 Å². The third-order valence-electron chi connectivity index (χ3n) is 11.6. The zero-order chi connectivity index (χ0) is 61.8. The Kier molecular flexibility index (Phi) is 25.5. The maximum atomic E-state index is 12.9. The van der Waals surface area contributed by atoms with E-state index >= 15 is 0 Å². The quantitative estimate of drug-likeness (QED) is 0.0682. The van der Waals surface area contributed by atoms with Crippen LogP contribution in [0.5, 0.6) is 0 Å². The number of benzene rings is 6. The van der Waals surface area contributed by atoms with Gasteiger partial charge in [0.15, 0.2) is 5.78 Å². The number of ether oxygens (including phenoxy) is 2. The summed E-state index contributed by atoms with van der Waals surface area (Å²) in [6.07, 6.45) is -1.36. The molecule has 0 aliphatic carbocycles. The minimum atomic E-state index is -0.783. The Balaban J connectivity index is 0.000000245. The number of aromatic nitrogens is 1. The first-order valence-electron chi connectivity index (χ1n) is 26.3. The van der Waals surface area contributed by atoms with E-state index in [2.05, 4.69) is 21.3 Å². The number of hydrogen-bond acceptors (Lipinski definition) is 11. The SMILES string of the molecule is CON(C)C(=O)[C@H](C)NC(=O)OC(C)(C)C.C[C@H](N)c1cc2cccc(Cl)c2c(=O)n1-c1ccccc1.C[C@H](NC(=O)OC(C)(C)C)C(=O)Cc1cccc(Cl)c1C(=O)Nc1ccccc1.Cc1cccc(Cl)c1C(=O)Nc1ccccc1. The van der Waals surface area contributed by atoms with Crippen molar-refractivity contribution in [3.8, 4) is 5.69 Å². The first-order valence-corrected chi connectivity index (χ1v) is 27.4. The molecule has 7 rings (SSSR count). The molecule has 1 aromatic heterocycles. The molecule has 0 saturated carbocycles. The molecule has 0 fully saturated rings. The Labute approximate surface area is 499 Å². The molecule has 0 saturated heterocycles. The molecule has 0 unspecified atom stereocenters. The van der Waals surface area contributed by atoms with E-state index in [1.807, 2.05) is 111 Å². The normalized spacial score (nSPS) is 11.9. The smallest absolute Gasteiger partial charge is 0.408 e. The van der Waals surface area contributed by atoms with Crippen molar-refractivity contribution >= 4 is 92.6 Å². The minimum absolute atomic E-state index is 0.0604. The average Bonchev–Trinajstić information content (AvgIpc) is 2.85. The maximum absolute atomic E-state index is 12.9. The molecular formula is C63H72Cl3N7O10. The fraction of sp³-hybridized carbons (Fsp3) is 0.286. The Bertz CT molecular complexity index is 3390. The number of Topliss-reactive ketones (excluding diaryl/α,β-unsaturated/α-hetero) is 1. The van der Waals surface area contributed by atoms with Gasteiger partial charge >= 0.3 is 12.2 Å². The number of anilines is 2. The van der Waals surface area contributed by atoms with Gasteiger partial charge in [-0.15, -0.1) is 0 Å². The van der Waals surface area contributed by atoms with Crippen LogP contribution < -0.4 is 32.6 Å². The highest BCUT2D eigenvalue weighted by Gasteiger charge is 2.26. The van der Waals surface area contributed by atoms with E-state index in [9.17, 15) is 33.6 Å². The number of nitrogens with two attached hydrogens (primary N) is 1. The number of rotatable bonds is 13. The summed E-state index contributed by atoms with van der Waals surface area (Å²) in [6, 6.07) is 43.7. The summed E-state index contributed by atoms with van der Waals surface area (Å²) < 4.78 is 11.8. The van der Waals surface area contributed by atoms with Crippen LogP contribution in [0.1, 0.15) is 106 Å². The van der Waals surface area contributed by atoms with Crippen molar-refractivity contribution < 1.29 is 43.1 Å². The lowest BCUT2D eigenvalue weighted by Crippen LogP contribution is -2.46. The van der Waals surface area contributed by atoms with Crippen molar-refractivity contribution in [3.63, 3.8) is 0 Å². The molecule has 20 heteroatoms. The van der Waals surface area contributed by atoms with Crippen LogP contribution in [0.3, 0.4) is 0 Å². The maximum Gasteiger partial charge on any atom is 0.408 e. The molecule has 5 amide bonds.